The maximum absolute atomic E-state index is 12.0. The van der Waals surface area contributed by atoms with Crippen molar-refractivity contribution < 1.29 is 4.79 Å². The minimum Gasteiger partial charge on any atom is -0.355 e. The van der Waals surface area contributed by atoms with Crippen molar-refractivity contribution in [1.29, 1.82) is 0 Å². The van der Waals surface area contributed by atoms with Crippen LogP contribution in [-0.4, -0.2) is 41.7 Å². The average Bonchev–Trinajstić information content (AvgIpc) is 3.06. The molecular weight excluding hydrogens is 272 g/mol. The summed E-state index contributed by atoms with van der Waals surface area (Å²) in [6.07, 6.45) is 4.76. The Morgan fingerprint density at radius 2 is 2.45 bits per heavy atom. The number of nitrogens with two attached hydrogens (primary N) is 1. The molecule has 5 nitrogen and oxygen atoms in total. The van der Waals surface area contributed by atoms with Crippen LogP contribution in [0.3, 0.4) is 0 Å². The van der Waals surface area contributed by atoms with E-state index in [1.165, 1.54) is 5.70 Å². The van der Waals surface area contributed by atoms with Crippen LogP contribution in [-0.2, 0) is 4.79 Å². The molecule has 3 rings (SSSR count). The summed E-state index contributed by atoms with van der Waals surface area (Å²) in [7, 11) is 0. The van der Waals surface area contributed by atoms with Crippen molar-refractivity contribution in [2.24, 2.45) is 16.6 Å². The summed E-state index contributed by atoms with van der Waals surface area (Å²) < 4.78 is 0. The molecule has 1 saturated carbocycles. The number of nitrogens with zero attached hydrogens (tertiary/aromatic N) is 2. The Hall–Kier alpha value is -1.01. The van der Waals surface area contributed by atoms with Gasteiger partial charge in [0.05, 0.1) is 0 Å². The molecule has 2 aliphatic heterocycles. The van der Waals surface area contributed by atoms with Crippen molar-refractivity contribution >= 4 is 22.8 Å². The molecule has 0 radical (unpaired) electrons. The van der Waals surface area contributed by atoms with Gasteiger partial charge in [-0.15, -0.1) is 0 Å². The van der Waals surface area contributed by atoms with E-state index in [4.69, 9.17) is 5.73 Å². The molecule has 0 aromatic carbocycles. The number of hydrogen-bond acceptors (Lipinski definition) is 5. The number of hydrogen-bond donors (Lipinski definition) is 2. The van der Waals surface area contributed by atoms with E-state index < -0.39 is 0 Å². The molecule has 6 heteroatoms. The molecule has 1 fully saturated rings. The lowest BCUT2D eigenvalue weighted by Gasteiger charge is -2.25. The zero-order chi connectivity index (χ0) is 13.9. The van der Waals surface area contributed by atoms with E-state index >= 15 is 0 Å². The summed E-state index contributed by atoms with van der Waals surface area (Å²) in [4.78, 5) is 18.8. The Labute approximate surface area is 124 Å². The first kappa shape index (κ1) is 13.9. The summed E-state index contributed by atoms with van der Waals surface area (Å²) in [6.45, 7) is 2.71. The van der Waals surface area contributed by atoms with Gasteiger partial charge in [0.15, 0.2) is 5.17 Å². The van der Waals surface area contributed by atoms with Crippen molar-refractivity contribution in [1.82, 2.24) is 10.2 Å². The van der Waals surface area contributed by atoms with Crippen LogP contribution in [0.25, 0.3) is 0 Å². The van der Waals surface area contributed by atoms with Gasteiger partial charge in [-0.2, -0.15) is 0 Å². The number of carbonyl (C=O) groups is 1. The maximum atomic E-state index is 12.0. The number of carbonyl (C=O) groups excluding carboxylic acids is 1. The van der Waals surface area contributed by atoms with Crippen LogP contribution >= 0.6 is 11.8 Å². The van der Waals surface area contributed by atoms with Crippen LogP contribution in [0.15, 0.2) is 16.1 Å². The summed E-state index contributed by atoms with van der Waals surface area (Å²) >= 11 is 1.70. The number of fused-ring (bicyclic) bond motifs is 1. The van der Waals surface area contributed by atoms with E-state index in [1.807, 2.05) is 0 Å². The molecule has 0 spiro atoms. The molecule has 110 valence electrons. The Kier molecular flexibility index (Phi) is 4.31. The number of aliphatic imine (C=N–C) groups is 1. The van der Waals surface area contributed by atoms with Gasteiger partial charge in [0, 0.05) is 43.7 Å². The van der Waals surface area contributed by atoms with Gasteiger partial charge in [-0.1, -0.05) is 11.8 Å². The van der Waals surface area contributed by atoms with Crippen molar-refractivity contribution in [3.8, 4) is 0 Å². The van der Waals surface area contributed by atoms with Crippen LogP contribution in [0.5, 0.6) is 0 Å². The largest absolute Gasteiger partial charge is 0.355 e. The summed E-state index contributed by atoms with van der Waals surface area (Å²) in [5.74, 6) is 0.306. The molecule has 3 N–H and O–H groups in total. The van der Waals surface area contributed by atoms with Gasteiger partial charge in [0.25, 0.3) is 0 Å². The molecule has 2 unspecified atom stereocenters. The summed E-state index contributed by atoms with van der Waals surface area (Å²) in [5.41, 5.74) is 7.14. The van der Waals surface area contributed by atoms with Gasteiger partial charge < -0.3 is 16.0 Å². The van der Waals surface area contributed by atoms with E-state index in [9.17, 15) is 4.79 Å². The van der Waals surface area contributed by atoms with Crippen molar-refractivity contribution in [3.63, 3.8) is 0 Å². The monoisotopic (exact) mass is 294 g/mol. The molecular formula is C14H22N4OS. The molecule has 2 heterocycles. The normalized spacial score (nSPS) is 28.9. The highest BCUT2D eigenvalue weighted by Crippen LogP contribution is 2.30. The molecule has 0 aromatic rings. The first-order valence-corrected chi connectivity index (χ1v) is 8.33. The van der Waals surface area contributed by atoms with Gasteiger partial charge in [-0.3, -0.25) is 9.79 Å². The van der Waals surface area contributed by atoms with Gasteiger partial charge >= 0.3 is 0 Å². The van der Waals surface area contributed by atoms with E-state index in [0.717, 1.165) is 50.4 Å². The highest BCUT2D eigenvalue weighted by atomic mass is 32.2. The van der Waals surface area contributed by atoms with Crippen LogP contribution < -0.4 is 11.1 Å². The van der Waals surface area contributed by atoms with Crippen molar-refractivity contribution in [3.05, 3.63) is 11.1 Å². The third-order valence-corrected chi connectivity index (χ3v) is 5.14. The van der Waals surface area contributed by atoms with E-state index in [0.29, 0.717) is 6.54 Å². The van der Waals surface area contributed by atoms with Crippen LogP contribution in [0, 0.1) is 5.92 Å². The van der Waals surface area contributed by atoms with Crippen LogP contribution in [0.1, 0.15) is 32.1 Å². The number of amides is 1. The highest BCUT2D eigenvalue weighted by molar-refractivity contribution is 8.16. The fourth-order valence-corrected chi connectivity index (χ4v) is 4.03. The van der Waals surface area contributed by atoms with Crippen LogP contribution in [0.4, 0.5) is 0 Å². The Balaban J connectivity index is 1.43. The van der Waals surface area contributed by atoms with E-state index in [2.05, 4.69) is 20.6 Å². The second-order valence-corrected chi connectivity index (χ2v) is 6.54. The highest BCUT2D eigenvalue weighted by Gasteiger charge is 2.28. The minimum absolute atomic E-state index is 0.129. The van der Waals surface area contributed by atoms with Crippen molar-refractivity contribution in [2.45, 2.75) is 38.1 Å². The fourth-order valence-electron chi connectivity index (χ4n) is 3.04. The lowest BCUT2D eigenvalue weighted by atomic mass is 10.1. The van der Waals surface area contributed by atoms with Crippen molar-refractivity contribution in [2.75, 3.05) is 19.6 Å². The molecule has 3 aliphatic rings. The first-order chi connectivity index (χ1) is 9.74. The second-order valence-electron chi connectivity index (χ2n) is 5.71. The Morgan fingerprint density at radius 1 is 1.55 bits per heavy atom. The van der Waals surface area contributed by atoms with Gasteiger partial charge in [-0.25, -0.2) is 0 Å². The Bertz CT molecular complexity index is 448. The zero-order valence-electron chi connectivity index (χ0n) is 11.7. The third-order valence-electron chi connectivity index (χ3n) is 4.19. The SMILES string of the molecule is NC1CCC(C(=O)NCCC2=CSC3=NCCCN23)C1. The number of amidine groups is 1. The minimum atomic E-state index is 0.129. The lowest BCUT2D eigenvalue weighted by molar-refractivity contribution is -0.124. The number of nitrogens with one attached hydrogen (secondary N) is 1. The fraction of sp³-hybridized carbons (Fsp3) is 0.714. The second kappa shape index (κ2) is 6.18. The maximum Gasteiger partial charge on any atom is 0.223 e. The number of thioether (sulfide) groups is 1. The van der Waals surface area contributed by atoms with Gasteiger partial charge in [-0.05, 0) is 31.1 Å². The predicted octanol–water partition coefficient (Wildman–Crippen LogP) is 1.27. The third kappa shape index (κ3) is 3.01. The topological polar surface area (TPSA) is 70.7 Å². The van der Waals surface area contributed by atoms with Gasteiger partial charge in [0.1, 0.15) is 0 Å². The van der Waals surface area contributed by atoms with Crippen LogP contribution in [0.2, 0.25) is 0 Å². The van der Waals surface area contributed by atoms with E-state index in [-0.39, 0.29) is 17.9 Å². The lowest BCUT2D eigenvalue weighted by Crippen LogP contribution is -2.34. The molecule has 0 bridgehead atoms. The molecule has 1 amide bonds. The quantitative estimate of drug-likeness (QED) is 0.819. The standard InChI is InChI=1S/C14H22N4OS/c15-11-3-2-10(8-11)13(19)16-6-4-12-9-20-14-17-5-1-7-18(12)14/h9-11H,1-8,15H2,(H,16,19). The van der Waals surface area contributed by atoms with Gasteiger partial charge in [0.2, 0.25) is 5.91 Å². The summed E-state index contributed by atoms with van der Waals surface area (Å²) in [6, 6.07) is 0.215. The summed E-state index contributed by atoms with van der Waals surface area (Å²) in [5, 5.41) is 6.35. The predicted molar refractivity (Wildman–Crippen MR) is 82.2 cm³/mol. The first-order valence-electron chi connectivity index (χ1n) is 7.45. The molecule has 2 atom stereocenters. The Morgan fingerprint density at radius 3 is 3.25 bits per heavy atom. The zero-order valence-corrected chi connectivity index (χ0v) is 12.5. The smallest absolute Gasteiger partial charge is 0.223 e. The average molecular weight is 294 g/mol. The number of rotatable bonds is 4. The molecule has 20 heavy (non-hydrogen) atoms. The molecule has 0 aromatic heterocycles. The molecule has 1 aliphatic carbocycles. The van der Waals surface area contributed by atoms with E-state index in [1.54, 1.807) is 11.8 Å². The molecule has 0 saturated heterocycles.